The number of anilines is 1. The molecule has 0 spiro atoms. The lowest BCUT2D eigenvalue weighted by Gasteiger charge is -2.31. The van der Waals surface area contributed by atoms with Crippen LogP contribution in [0.2, 0.25) is 0 Å². The highest BCUT2D eigenvalue weighted by atomic mass is 16.5. The van der Waals surface area contributed by atoms with E-state index in [4.69, 9.17) is 4.74 Å². The summed E-state index contributed by atoms with van der Waals surface area (Å²) < 4.78 is 7.16. The third-order valence-electron chi connectivity index (χ3n) is 5.79. The molecule has 180 valence electrons. The first-order chi connectivity index (χ1) is 17.0. The van der Waals surface area contributed by atoms with Gasteiger partial charge < -0.3 is 24.6 Å². The van der Waals surface area contributed by atoms with Crippen molar-refractivity contribution >= 4 is 22.8 Å². The normalized spacial score (nSPS) is 11.7. The number of urea groups is 1. The van der Waals surface area contributed by atoms with E-state index in [1.54, 1.807) is 25.2 Å². The summed E-state index contributed by atoms with van der Waals surface area (Å²) in [6, 6.07) is 22.5. The number of hydrogen-bond acceptors (Lipinski definition) is 5. The van der Waals surface area contributed by atoms with Gasteiger partial charge in [-0.05, 0) is 36.8 Å². The van der Waals surface area contributed by atoms with Crippen molar-refractivity contribution in [2.75, 3.05) is 18.5 Å². The Kier molecular flexibility index (Phi) is 7.42. The van der Waals surface area contributed by atoms with Gasteiger partial charge in [-0.2, -0.15) is 0 Å². The topological polar surface area (TPSA) is 96.7 Å². The minimum Gasteiger partial charge on any atom is -0.492 e. The summed E-state index contributed by atoms with van der Waals surface area (Å²) in [5.74, 6) is 0.531. The highest BCUT2D eigenvalue weighted by Gasteiger charge is 2.27. The van der Waals surface area contributed by atoms with Gasteiger partial charge in [-0.3, -0.25) is 4.79 Å². The van der Waals surface area contributed by atoms with E-state index < -0.39 is 12.1 Å². The van der Waals surface area contributed by atoms with Crippen molar-refractivity contribution in [3.05, 3.63) is 100 Å². The number of aromatic nitrogens is 2. The molecule has 0 aliphatic heterocycles. The summed E-state index contributed by atoms with van der Waals surface area (Å²) in [5.41, 5.74) is 2.47. The van der Waals surface area contributed by atoms with Crippen molar-refractivity contribution in [1.29, 1.82) is 0 Å². The van der Waals surface area contributed by atoms with Gasteiger partial charge in [0.2, 0.25) is 0 Å². The molecule has 0 aliphatic rings. The number of carbonyl (C=O) groups excluding carboxylic acids is 1. The van der Waals surface area contributed by atoms with E-state index in [2.05, 4.69) is 10.3 Å². The van der Waals surface area contributed by atoms with E-state index in [-0.39, 0.29) is 24.4 Å². The van der Waals surface area contributed by atoms with E-state index in [9.17, 15) is 14.7 Å². The highest BCUT2D eigenvalue weighted by molar-refractivity contribution is 5.91. The zero-order chi connectivity index (χ0) is 24.8. The van der Waals surface area contributed by atoms with Gasteiger partial charge in [0, 0.05) is 7.05 Å². The smallest absolute Gasteiger partial charge is 0.322 e. The Balaban J connectivity index is 1.75. The molecule has 0 saturated carbocycles. The molecule has 4 rings (SSSR count). The molecule has 2 amide bonds. The van der Waals surface area contributed by atoms with E-state index in [0.29, 0.717) is 29.1 Å². The van der Waals surface area contributed by atoms with Gasteiger partial charge >= 0.3 is 6.03 Å². The number of rotatable bonds is 8. The van der Waals surface area contributed by atoms with Crippen LogP contribution >= 0.6 is 0 Å². The Morgan fingerprint density at radius 3 is 2.49 bits per heavy atom. The Bertz CT molecular complexity index is 1370. The standard InChI is InChI=1S/C27H28N4O4/c1-3-35-25-16-10-8-14-21(25)29-27(34)31(24(18-32)19-11-5-4-6-12-19)17-22-26(33)30(2)23-15-9-7-13-20(23)28-22/h4-16,24,32H,3,17-18H2,1-2H3,(H,29,34). The molecule has 8 heteroatoms. The second kappa shape index (κ2) is 10.8. The van der Waals surface area contributed by atoms with Gasteiger partial charge in [0.25, 0.3) is 5.56 Å². The summed E-state index contributed by atoms with van der Waals surface area (Å²) in [4.78, 5) is 32.8. The number of para-hydroxylation sites is 4. The summed E-state index contributed by atoms with van der Waals surface area (Å²) in [5, 5.41) is 13.2. The molecule has 0 saturated heterocycles. The van der Waals surface area contributed by atoms with Crippen LogP contribution in [0.15, 0.2) is 83.7 Å². The molecule has 1 unspecified atom stereocenters. The number of amides is 2. The molecule has 1 aromatic heterocycles. The molecule has 0 aliphatic carbocycles. The average molecular weight is 473 g/mol. The SMILES string of the molecule is CCOc1ccccc1NC(=O)N(Cc1nc2ccccc2n(C)c1=O)C(CO)c1ccccc1. The van der Waals surface area contributed by atoms with Crippen LogP contribution in [0.3, 0.4) is 0 Å². The van der Waals surface area contributed by atoms with Crippen molar-refractivity contribution in [2.24, 2.45) is 7.05 Å². The first-order valence-electron chi connectivity index (χ1n) is 11.4. The van der Waals surface area contributed by atoms with Crippen molar-refractivity contribution in [3.63, 3.8) is 0 Å². The average Bonchev–Trinajstić information content (AvgIpc) is 2.88. The lowest BCUT2D eigenvalue weighted by Crippen LogP contribution is -2.41. The van der Waals surface area contributed by atoms with Crippen LogP contribution in [0.4, 0.5) is 10.5 Å². The summed E-state index contributed by atoms with van der Waals surface area (Å²) in [7, 11) is 1.68. The molecule has 8 nitrogen and oxygen atoms in total. The first-order valence-corrected chi connectivity index (χ1v) is 11.4. The Morgan fingerprint density at radius 1 is 1.06 bits per heavy atom. The fourth-order valence-electron chi connectivity index (χ4n) is 4.02. The minimum absolute atomic E-state index is 0.0970. The van der Waals surface area contributed by atoms with Crippen LogP contribution < -0.4 is 15.6 Å². The van der Waals surface area contributed by atoms with Crippen molar-refractivity contribution in [2.45, 2.75) is 19.5 Å². The number of carbonyl (C=O) groups is 1. The summed E-state index contributed by atoms with van der Waals surface area (Å²) in [6.45, 7) is 1.87. The third-order valence-corrected chi connectivity index (χ3v) is 5.79. The quantitative estimate of drug-likeness (QED) is 0.403. The molecule has 1 heterocycles. The van der Waals surface area contributed by atoms with Gasteiger partial charge in [0.15, 0.2) is 0 Å². The minimum atomic E-state index is -0.701. The van der Waals surface area contributed by atoms with E-state index in [1.807, 2.05) is 67.6 Å². The molecular formula is C27H28N4O4. The van der Waals surface area contributed by atoms with Gasteiger partial charge in [0.1, 0.15) is 11.4 Å². The Morgan fingerprint density at radius 2 is 1.74 bits per heavy atom. The second-order valence-corrected chi connectivity index (χ2v) is 8.01. The van der Waals surface area contributed by atoms with Gasteiger partial charge in [-0.25, -0.2) is 9.78 Å². The van der Waals surface area contributed by atoms with E-state index in [0.717, 1.165) is 5.56 Å². The van der Waals surface area contributed by atoms with Crippen LogP contribution in [0.25, 0.3) is 11.0 Å². The lowest BCUT2D eigenvalue weighted by molar-refractivity contribution is 0.136. The molecule has 3 aromatic carbocycles. The number of aryl methyl sites for hydroxylation is 1. The van der Waals surface area contributed by atoms with E-state index in [1.165, 1.54) is 9.47 Å². The zero-order valence-electron chi connectivity index (χ0n) is 19.7. The first kappa shape index (κ1) is 24.0. The fourth-order valence-corrected chi connectivity index (χ4v) is 4.02. The summed E-state index contributed by atoms with van der Waals surface area (Å²) >= 11 is 0. The van der Waals surface area contributed by atoms with Crippen molar-refractivity contribution in [1.82, 2.24) is 14.5 Å². The van der Waals surface area contributed by atoms with Crippen LogP contribution in [-0.4, -0.2) is 38.8 Å². The lowest BCUT2D eigenvalue weighted by atomic mass is 10.1. The molecule has 2 N–H and O–H groups in total. The molecular weight excluding hydrogens is 444 g/mol. The number of aliphatic hydroxyl groups is 1. The predicted molar refractivity (Wildman–Crippen MR) is 135 cm³/mol. The van der Waals surface area contributed by atoms with Gasteiger partial charge in [0.05, 0.1) is 42.5 Å². The van der Waals surface area contributed by atoms with Crippen LogP contribution in [-0.2, 0) is 13.6 Å². The van der Waals surface area contributed by atoms with E-state index >= 15 is 0 Å². The maximum atomic E-state index is 13.6. The number of fused-ring (bicyclic) bond motifs is 1. The molecule has 4 aromatic rings. The maximum absolute atomic E-state index is 13.6. The predicted octanol–water partition coefficient (Wildman–Crippen LogP) is 4.10. The van der Waals surface area contributed by atoms with Crippen LogP contribution in [0, 0.1) is 0 Å². The molecule has 0 radical (unpaired) electrons. The number of nitrogens with zero attached hydrogens (tertiary/aromatic N) is 3. The number of benzene rings is 3. The molecule has 35 heavy (non-hydrogen) atoms. The largest absolute Gasteiger partial charge is 0.492 e. The number of ether oxygens (including phenoxy) is 1. The highest BCUT2D eigenvalue weighted by Crippen LogP contribution is 2.27. The third kappa shape index (κ3) is 5.17. The van der Waals surface area contributed by atoms with Gasteiger partial charge in [-0.1, -0.05) is 54.6 Å². The number of hydrogen-bond donors (Lipinski definition) is 2. The molecule has 0 bridgehead atoms. The fraction of sp³-hybridized carbons (Fsp3) is 0.222. The Labute approximate surface area is 203 Å². The van der Waals surface area contributed by atoms with Crippen molar-refractivity contribution < 1.29 is 14.6 Å². The molecule has 0 fully saturated rings. The summed E-state index contributed by atoms with van der Waals surface area (Å²) in [6.07, 6.45) is 0. The Hall–Kier alpha value is -4.17. The number of aliphatic hydroxyl groups excluding tert-OH is 1. The van der Waals surface area contributed by atoms with Crippen LogP contribution in [0.1, 0.15) is 24.2 Å². The monoisotopic (exact) mass is 472 g/mol. The second-order valence-electron chi connectivity index (χ2n) is 8.01. The van der Waals surface area contributed by atoms with Crippen molar-refractivity contribution in [3.8, 4) is 5.75 Å². The number of nitrogens with one attached hydrogen (secondary N) is 1. The maximum Gasteiger partial charge on any atom is 0.322 e. The zero-order valence-corrected chi connectivity index (χ0v) is 19.7. The van der Waals surface area contributed by atoms with Gasteiger partial charge in [-0.15, -0.1) is 0 Å². The molecule has 1 atom stereocenters. The van der Waals surface area contributed by atoms with Crippen LogP contribution in [0.5, 0.6) is 5.75 Å².